The van der Waals surface area contributed by atoms with Crippen LogP contribution in [0.2, 0.25) is 10.0 Å². The second-order valence-corrected chi connectivity index (χ2v) is 6.87. The van der Waals surface area contributed by atoms with E-state index in [1.807, 2.05) is 12.1 Å². The highest BCUT2D eigenvalue weighted by Crippen LogP contribution is 2.29. The average Bonchev–Trinajstić information content (AvgIpc) is 2.90. The van der Waals surface area contributed by atoms with Crippen LogP contribution in [0.3, 0.4) is 0 Å². The molecule has 2 aromatic carbocycles. The Hall–Kier alpha value is -2.15. The number of hydrogen-bond donors (Lipinski definition) is 1. The number of carbonyl (C=O) groups excluding carboxylic acids is 1. The number of amides is 1. The number of nitrogens with two attached hydrogens (primary N) is 1. The van der Waals surface area contributed by atoms with Gasteiger partial charge in [0.2, 0.25) is 5.91 Å². The Morgan fingerprint density at radius 3 is 2.54 bits per heavy atom. The fourth-order valence-electron chi connectivity index (χ4n) is 2.11. The van der Waals surface area contributed by atoms with Crippen LogP contribution in [-0.4, -0.2) is 14.8 Å². The molecule has 3 rings (SSSR count). The summed E-state index contributed by atoms with van der Waals surface area (Å²) in [6.45, 7) is 0.376. The Morgan fingerprint density at radius 1 is 1.17 bits per heavy atom. The summed E-state index contributed by atoms with van der Waals surface area (Å²) in [6, 6.07) is 11.8. The predicted molar refractivity (Wildman–Crippen MR) is 95.9 cm³/mol. The molecule has 1 aromatic heterocycles. The standard InChI is InChI=1S/C16H11Cl2N3O2S/c17-11-4-1-9(2-5-11)8-21-16(23)20-15(24-21)12-7-10(14(19)22)3-6-13(12)18/h1-7H,8H2,(H2,19,22). The van der Waals surface area contributed by atoms with Crippen LogP contribution in [0.25, 0.3) is 10.6 Å². The molecule has 0 aliphatic carbocycles. The van der Waals surface area contributed by atoms with Crippen molar-refractivity contribution in [3.05, 3.63) is 74.1 Å². The normalized spacial score (nSPS) is 10.8. The zero-order chi connectivity index (χ0) is 17.3. The van der Waals surface area contributed by atoms with E-state index < -0.39 is 5.91 Å². The van der Waals surface area contributed by atoms with E-state index in [0.717, 1.165) is 5.56 Å². The Balaban J connectivity index is 1.97. The van der Waals surface area contributed by atoms with Crippen molar-refractivity contribution < 1.29 is 4.79 Å². The maximum Gasteiger partial charge on any atom is 0.358 e. The van der Waals surface area contributed by atoms with Crippen molar-refractivity contribution in [3.63, 3.8) is 0 Å². The Kier molecular flexibility index (Phi) is 4.71. The van der Waals surface area contributed by atoms with Crippen LogP contribution in [0.15, 0.2) is 47.3 Å². The van der Waals surface area contributed by atoms with Gasteiger partial charge in [0, 0.05) is 16.1 Å². The summed E-state index contributed by atoms with van der Waals surface area (Å²) in [6.07, 6.45) is 0. The lowest BCUT2D eigenvalue weighted by Crippen LogP contribution is -2.15. The molecular weight excluding hydrogens is 369 g/mol. The van der Waals surface area contributed by atoms with E-state index in [1.165, 1.54) is 27.6 Å². The van der Waals surface area contributed by atoms with Gasteiger partial charge in [-0.3, -0.25) is 4.79 Å². The van der Waals surface area contributed by atoms with Crippen molar-refractivity contribution in [1.82, 2.24) is 8.94 Å². The molecule has 0 atom stereocenters. The van der Waals surface area contributed by atoms with Gasteiger partial charge in [0.15, 0.2) is 0 Å². The Morgan fingerprint density at radius 2 is 1.88 bits per heavy atom. The molecule has 0 fully saturated rings. The highest BCUT2D eigenvalue weighted by Gasteiger charge is 2.14. The van der Waals surface area contributed by atoms with Crippen molar-refractivity contribution in [2.24, 2.45) is 5.73 Å². The molecule has 0 saturated carbocycles. The quantitative estimate of drug-likeness (QED) is 0.753. The zero-order valence-electron chi connectivity index (χ0n) is 12.2. The number of aromatic nitrogens is 2. The van der Waals surface area contributed by atoms with Crippen molar-refractivity contribution >= 4 is 40.6 Å². The van der Waals surface area contributed by atoms with Gasteiger partial charge in [-0.05, 0) is 47.4 Å². The topological polar surface area (TPSA) is 78.0 Å². The van der Waals surface area contributed by atoms with Crippen LogP contribution >= 0.6 is 34.7 Å². The fourth-order valence-corrected chi connectivity index (χ4v) is 3.43. The van der Waals surface area contributed by atoms with E-state index in [0.29, 0.717) is 32.7 Å². The van der Waals surface area contributed by atoms with Gasteiger partial charge >= 0.3 is 5.69 Å². The molecule has 5 nitrogen and oxygen atoms in total. The van der Waals surface area contributed by atoms with E-state index in [4.69, 9.17) is 28.9 Å². The number of carbonyl (C=O) groups is 1. The first-order chi connectivity index (χ1) is 11.4. The van der Waals surface area contributed by atoms with E-state index in [-0.39, 0.29) is 5.69 Å². The van der Waals surface area contributed by atoms with Gasteiger partial charge in [-0.15, -0.1) is 0 Å². The minimum absolute atomic E-state index is 0.307. The molecule has 122 valence electrons. The predicted octanol–water partition coefficient (Wildman–Crippen LogP) is 3.43. The van der Waals surface area contributed by atoms with Crippen molar-refractivity contribution in [2.75, 3.05) is 0 Å². The van der Waals surface area contributed by atoms with Gasteiger partial charge < -0.3 is 5.73 Å². The number of nitrogens with zero attached hydrogens (tertiary/aromatic N) is 2. The molecule has 0 radical (unpaired) electrons. The third-order valence-corrected chi connectivity index (χ3v) is 4.90. The van der Waals surface area contributed by atoms with Crippen LogP contribution in [-0.2, 0) is 6.54 Å². The molecule has 0 saturated heterocycles. The van der Waals surface area contributed by atoms with Gasteiger partial charge in [-0.1, -0.05) is 35.3 Å². The SMILES string of the molecule is NC(=O)c1ccc(Cl)c(-c2nc(=O)n(Cc3ccc(Cl)cc3)s2)c1. The lowest BCUT2D eigenvalue weighted by Gasteiger charge is -2.03. The van der Waals surface area contributed by atoms with Crippen LogP contribution in [0.5, 0.6) is 0 Å². The summed E-state index contributed by atoms with van der Waals surface area (Å²) >= 11 is 13.2. The van der Waals surface area contributed by atoms with Crippen LogP contribution < -0.4 is 11.4 Å². The maximum atomic E-state index is 12.1. The number of hydrogen-bond acceptors (Lipinski definition) is 4. The molecule has 2 N–H and O–H groups in total. The van der Waals surface area contributed by atoms with Crippen LogP contribution in [0.4, 0.5) is 0 Å². The molecule has 24 heavy (non-hydrogen) atoms. The van der Waals surface area contributed by atoms with Crippen molar-refractivity contribution in [1.29, 1.82) is 0 Å². The summed E-state index contributed by atoms with van der Waals surface area (Å²) in [5.74, 6) is -0.569. The molecule has 0 spiro atoms. The third-order valence-electron chi connectivity index (χ3n) is 3.33. The summed E-state index contributed by atoms with van der Waals surface area (Å²) in [7, 11) is 0. The smallest absolute Gasteiger partial charge is 0.358 e. The summed E-state index contributed by atoms with van der Waals surface area (Å²) in [5, 5.41) is 1.46. The van der Waals surface area contributed by atoms with Gasteiger partial charge in [-0.25, -0.2) is 8.75 Å². The minimum Gasteiger partial charge on any atom is -0.366 e. The lowest BCUT2D eigenvalue weighted by molar-refractivity contribution is 0.100. The highest BCUT2D eigenvalue weighted by atomic mass is 35.5. The molecule has 0 bridgehead atoms. The molecular formula is C16H11Cl2N3O2S. The van der Waals surface area contributed by atoms with E-state index in [1.54, 1.807) is 18.2 Å². The molecule has 8 heteroatoms. The molecule has 1 amide bonds. The highest BCUT2D eigenvalue weighted by molar-refractivity contribution is 7.09. The molecule has 0 aliphatic heterocycles. The molecule has 0 aliphatic rings. The van der Waals surface area contributed by atoms with E-state index in [2.05, 4.69) is 4.98 Å². The largest absolute Gasteiger partial charge is 0.366 e. The van der Waals surface area contributed by atoms with Crippen LogP contribution in [0, 0.1) is 0 Å². The number of primary amides is 1. The van der Waals surface area contributed by atoms with E-state index in [9.17, 15) is 9.59 Å². The van der Waals surface area contributed by atoms with Crippen LogP contribution in [0.1, 0.15) is 15.9 Å². The molecule has 0 unspecified atom stereocenters. The number of rotatable bonds is 4. The second-order valence-electron chi connectivity index (χ2n) is 5.01. The minimum atomic E-state index is -0.569. The average molecular weight is 380 g/mol. The number of benzene rings is 2. The first kappa shape index (κ1) is 16.7. The Labute approximate surface area is 151 Å². The molecule has 3 aromatic rings. The Bertz CT molecular complexity index is 964. The summed E-state index contributed by atoms with van der Waals surface area (Å²) in [4.78, 5) is 27.5. The first-order valence-corrected chi connectivity index (χ1v) is 8.39. The summed E-state index contributed by atoms with van der Waals surface area (Å²) < 4.78 is 1.51. The van der Waals surface area contributed by atoms with Gasteiger partial charge in [0.1, 0.15) is 5.01 Å². The van der Waals surface area contributed by atoms with Crippen molar-refractivity contribution in [3.8, 4) is 10.6 Å². The van der Waals surface area contributed by atoms with Gasteiger partial charge in [0.05, 0.1) is 11.6 Å². The second kappa shape index (κ2) is 6.76. The third kappa shape index (κ3) is 3.51. The van der Waals surface area contributed by atoms with Gasteiger partial charge in [0.25, 0.3) is 0 Å². The summed E-state index contributed by atoms with van der Waals surface area (Å²) in [5.41, 5.74) is 6.64. The zero-order valence-corrected chi connectivity index (χ0v) is 14.5. The fraction of sp³-hybridized carbons (Fsp3) is 0.0625. The first-order valence-electron chi connectivity index (χ1n) is 6.86. The van der Waals surface area contributed by atoms with Gasteiger partial charge in [-0.2, -0.15) is 4.98 Å². The number of halogens is 2. The molecule has 1 heterocycles. The maximum absolute atomic E-state index is 12.1. The van der Waals surface area contributed by atoms with Crippen molar-refractivity contribution in [2.45, 2.75) is 6.54 Å². The van der Waals surface area contributed by atoms with E-state index >= 15 is 0 Å². The monoisotopic (exact) mass is 379 g/mol. The lowest BCUT2D eigenvalue weighted by atomic mass is 10.1.